The van der Waals surface area contributed by atoms with E-state index in [-0.39, 0.29) is 28.0 Å². The van der Waals surface area contributed by atoms with E-state index in [0.717, 1.165) is 6.07 Å². The number of rotatable bonds is 6. The van der Waals surface area contributed by atoms with Gasteiger partial charge >= 0.3 is 0 Å². The van der Waals surface area contributed by atoms with Crippen LogP contribution in [0, 0.1) is 5.92 Å². The van der Waals surface area contributed by atoms with Crippen LogP contribution in [0.5, 0.6) is 5.75 Å². The lowest BCUT2D eigenvalue weighted by Crippen LogP contribution is -2.21. The normalized spacial score (nSPS) is 12.4. The Bertz CT molecular complexity index is 681. The highest BCUT2D eigenvalue weighted by atomic mass is 32.2. The van der Waals surface area contributed by atoms with Crippen molar-refractivity contribution in [1.82, 2.24) is 0 Å². The molecule has 0 saturated carbocycles. The van der Waals surface area contributed by atoms with Crippen LogP contribution < -0.4 is 14.6 Å². The molecule has 1 aromatic carbocycles. The van der Waals surface area contributed by atoms with Crippen LogP contribution in [0.25, 0.3) is 0 Å². The van der Waals surface area contributed by atoms with Crippen molar-refractivity contribution in [3.8, 4) is 5.75 Å². The highest BCUT2D eigenvalue weighted by Crippen LogP contribution is 2.28. The first kappa shape index (κ1) is 16.7. The molecule has 0 bridgehead atoms. The first-order chi connectivity index (χ1) is 9.05. The first-order valence-corrected chi connectivity index (χ1v) is 8.96. The molecular weight excluding hydrogens is 304 g/mol. The Kier molecular flexibility index (Phi) is 5.00. The molecule has 0 aliphatic rings. The second kappa shape index (κ2) is 5.98. The van der Waals surface area contributed by atoms with Crippen molar-refractivity contribution in [1.29, 1.82) is 0 Å². The average Bonchev–Trinajstić information content (AvgIpc) is 2.25. The monoisotopic (exact) mass is 322 g/mol. The maximum Gasteiger partial charge on any atom is 0.238 e. The summed E-state index contributed by atoms with van der Waals surface area (Å²) in [6.07, 6.45) is 0. The molecule has 0 aromatic heterocycles. The number of hydrogen-bond acceptors (Lipinski definition) is 5. The number of nitrogens with one attached hydrogen (secondary N) is 1. The molecule has 9 heteroatoms. The average molecular weight is 322 g/mol. The number of methoxy groups -OCH3 is 1. The van der Waals surface area contributed by atoms with Crippen LogP contribution in [0.4, 0.5) is 5.69 Å². The quantitative estimate of drug-likeness (QED) is 0.801. The van der Waals surface area contributed by atoms with Crippen molar-refractivity contribution in [3.63, 3.8) is 0 Å². The highest BCUT2D eigenvalue weighted by Gasteiger charge is 2.18. The van der Waals surface area contributed by atoms with Gasteiger partial charge in [-0.3, -0.25) is 4.72 Å². The molecule has 7 nitrogen and oxygen atoms in total. The van der Waals surface area contributed by atoms with E-state index in [2.05, 4.69) is 4.72 Å². The number of hydrogen-bond donors (Lipinski definition) is 2. The summed E-state index contributed by atoms with van der Waals surface area (Å²) in [5.74, 6) is 0.0557. The Morgan fingerprint density at radius 3 is 2.30 bits per heavy atom. The minimum absolute atomic E-state index is 0.0414. The maximum absolute atomic E-state index is 11.9. The van der Waals surface area contributed by atoms with Gasteiger partial charge in [0.05, 0.1) is 23.4 Å². The van der Waals surface area contributed by atoms with Crippen LogP contribution in [0.1, 0.15) is 13.8 Å². The molecule has 114 valence electrons. The first-order valence-electron chi connectivity index (χ1n) is 5.76. The van der Waals surface area contributed by atoms with Crippen molar-refractivity contribution in [2.45, 2.75) is 18.7 Å². The smallest absolute Gasteiger partial charge is 0.238 e. The van der Waals surface area contributed by atoms with E-state index in [1.807, 2.05) is 0 Å². The molecule has 1 rings (SSSR count). The third-order valence-electron chi connectivity index (χ3n) is 2.32. The predicted molar refractivity (Wildman–Crippen MR) is 76.6 cm³/mol. The van der Waals surface area contributed by atoms with Gasteiger partial charge in [-0.15, -0.1) is 0 Å². The molecule has 3 N–H and O–H groups in total. The molecule has 0 fully saturated rings. The van der Waals surface area contributed by atoms with Crippen LogP contribution in [0.15, 0.2) is 23.1 Å². The Morgan fingerprint density at radius 1 is 1.25 bits per heavy atom. The number of anilines is 1. The van der Waals surface area contributed by atoms with Gasteiger partial charge < -0.3 is 4.74 Å². The lowest BCUT2D eigenvalue weighted by molar-refractivity contribution is 0.416. The second-order valence-corrected chi connectivity index (χ2v) is 8.01. The number of nitrogens with two attached hydrogens (primary N) is 1. The van der Waals surface area contributed by atoms with Gasteiger partial charge in [-0.2, -0.15) is 0 Å². The summed E-state index contributed by atoms with van der Waals surface area (Å²) in [5.41, 5.74) is 0.0414. The zero-order chi connectivity index (χ0) is 15.6. The zero-order valence-corrected chi connectivity index (χ0v) is 13.1. The summed E-state index contributed by atoms with van der Waals surface area (Å²) in [4.78, 5) is -0.194. The van der Waals surface area contributed by atoms with Crippen LogP contribution >= 0.6 is 0 Å². The fourth-order valence-corrected chi connectivity index (χ4v) is 3.59. The maximum atomic E-state index is 11.9. The van der Waals surface area contributed by atoms with E-state index < -0.39 is 20.0 Å². The molecule has 0 atom stereocenters. The van der Waals surface area contributed by atoms with Crippen molar-refractivity contribution in [2.24, 2.45) is 11.1 Å². The predicted octanol–water partition coefficient (Wildman–Crippen LogP) is 0.740. The number of ether oxygens (including phenoxy) is 1. The van der Waals surface area contributed by atoms with E-state index in [0.29, 0.717) is 0 Å². The summed E-state index contributed by atoms with van der Waals surface area (Å²) in [7, 11) is -6.16. The summed E-state index contributed by atoms with van der Waals surface area (Å²) >= 11 is 0. The largest absolute Gasteiger partial charge is 0.495 e. The van der Waals surface area contributed by atoms with Crippen molar-refractivity contribution in [3.05, 3.63) is 18.2 Å². The molecular formula is C11H18N2O5S2. The van der Waals surface area contributed by atoms with Gasteiger partial charge in [0.2, 0.25) is 20.0 Å². The third-order valence-corrected chi connectivity index (χ3v) is 4.87. The summed E-state index contributed by atoms with van der Waals surface area (Å²) in [5, 5.41) is 5.02. The number of benzene rings is 1. The van der Waals surface area contributed by atoms with E-state index in [9.17, 15) is 16.8 Å². The van der Waals surface area contributed by atoms with Crippen LogP contribution in [-0.2, 0) is 20.0 Å². The van der Waals surface area contributed by atoms with Gasteiger partial charge in [0.1, 0.15) is 5.75 Å². The van der Waals surface area contributed by atoms with Gasteiger partial charge in [0.25, 0.3) is 0 Å². The Labute approximate surface area is 119 Å². The van der Waals surface area contributed by atoms with Crippen molar-refractivity contribution >= 4 is 25.7 Å². The SMILES string of the molecule is COc1ccc(S(N)(=O)=O)cc1NS(=O)(=O)CC(C)C. The molecule has 0 unspecified atom stereocenters. The fourth-order valence-electron chi connectivity index (χ4n) is 1.59. The summed E-state index contributed by atoms with van der Waals surface area (Å²) in [6, 6.07) is 3.72. The lowest BCUT2D eigenvalue weighted by Gasteiger charge is -2.14. The minimum Gasteiger partial charge on any atom is -0.495 e. The van der Waals surface area contributed by atoms with Crippen LogP contribution in [-0.4, -0.2) is 29.7 Å². The van der Waals surface area contributed by atoms with Gasteiger partial charge in [0, 0.05) is 0 Å². The molecule has 0 amide bonds. The van der Waals surface area contributed by atoms with Crippen molar-refractivity contribution < 1.29 is 21.6 Å². The standard InChI is InChI=1S/C11H18N2O5S2/c1-8(2)7-19(14,15)13-10-6-9(20(12,16)17)4-5-11(10)18-3/h4-6,8,13H,7H2,1-3H3,(H2,12,16,17). The summed E-state index contributed by atoms with van der Waals surface area (Å²) < 4.78 is 53.7. The minimum atomic E-state index is -3.92. The van der Waals surface area contributed by atoms with Crippen molar-refractivity contribution in [2.75, 3.05) is 17.6 Å². The van der Waals surface area contributed by atoms with Gasteiger partial charge in [-0.1, -0.05) is 13.8 Å². The van der Waals surface area contributed by atoms with Gasteiger partial charge in [0.15, 0.2) is 0 Å². The Balaban J connectivity index is 3.22. The van der Waals surface area contributed by atoms with E-state index in [1.54, 1.807) is 13.8 Å². The fraction of sp³-hybridized carbons (Fsp3) is 0.455. The molecule has 0 saturated heterocycles. The van der Waals surface area contributed by atoms with E-state index in [4.69, 9.17) is 9.88 Å². The number of sulfonamides is 2. The molecule has 0 aliphatic carbocycles. The zero-order valence-electron chi connectivity index (χ0n) is 11.5. The second-order valence-electron chi connectivity index (χ2n) is 4.68. The highest BCUT2D eigenvalue weighted by molar-refractivity contribution is 7.92. The topological polar surface area (TPSA) is 116 Å². The summed E-state index contributed by atoms with van der Waals surface area (Å²) in [6.45, 7) is 3.52. The van der Waals surface area contributed by atoms with Crippen LogP contribution in [0.2, 0.25) is 0 Å². The van der Waals surface area contributed by atoms with Gasteiger partial charge in [-0.25, -0.2) is 22.0 Å². The Morgan fingerprint density at radius 2 is 1.85 bits per heavy atom. The lowest BCUT2D eigenvalue weighted by atomic mass is 10.3. The molecule has 0 heterocycles. The van der Waals surface area contributed by atoms with E-state index >= 15 is 0 Å². The third kappa shape index (κ3) is 4.66. The molecule has 0 spiro atoms. The molecule has 20 heavy (non-hydrogen) atoms. The molecule has 0 aliphatic heterocycles. The Hall–Kier alpha value is -1.32. The number of primary sulfonamides is 1. The molecule has 0 radical (unpaired) electrons. The molecule has 1 aromatic rings. The van der Waals surface area contributed by atoms with Gasteiger partial charge in [-0.05, 0) is 24.1 Å². The van der Waals surface area contributed by atoms with Crippen LogP contribution in [0.3, 0.4) is 0 Å². The van der Waals surface area contributed by atoms with E-state index in [1.165, 1.54) is 19.2 Å².